The van der Waals surface area contributed by atoms with Crippen LogP contribution in [0.5, 0.6) is 0 Å². The lowest BCUT2D eigenvalue weighted by Gasteiger charge is -2.43. The number of rotatable bonds is 7. The van der Waals surface area contributed by atoms with Gasteiger partial charge in [-0.2, -0.15) is 0 Å². The molecule has 0 aromatic heterocycles. The van der Waals surface area contributed by atoms with Crippen LogP contribution in [-0.4, -0.2) is 25.3 Å². The molecule has 1 unspecified atom stereocenters. The van der Waals surface area contributed by atoms with Crippen LogP contribution < -0.4 is 5.32 Å². The second kappa shape index (κ2) is 7.95. The first-order valence-corrected chi connectivity index (χ1v) is 8.63. The average molecular weight is 289 g/mol. The predicted molar refractivity (Wildman–Crippen MR) is 89.8 cm³/mol. The molecule has 118 valence electrons. The Hall–Kier alpha value is -0.860. The van der Waals surface area contributed by atoms with Crippen LogP contribution >= 0.6 is 0 Å². The van der Waals surface area contributed by atoms with E-state index in [0.29, 0.717) is 6.04 Å². The van der Waals surface area contributed by atoms with Gasteiger partial charge in [0, 0.05) is 12.6 Å². The summed E-state index contributed by atoms with van der Waals surface area (Å²) in [6.07, 6.45) is 8.51. The van der Waals surface area contributed by atoms with E-state index in [0.717, 1.165) is 19.4 Å². The fraction of sp³-hybridized carbons (Fsp3) is 0.684. The molecule has 0 radical (unpaired) electrons. The highest BCUT2D eigenvalue weighted by atomic mass is 16.5. The molecular weight excluding hydrogens is 258 g/mol. The number of benzene rings is 1. The molecule has 0 aliphatic heterocycles. The van der Waals surface area contributed by atoms with Crippen LogP contribution in [0, 0.1) is 0 Å². The van der Waals surface area contributed by atoms with Gasteiger partial charge < -0.3 is 10.1 Å². The quantitative estimate of drug-likeness (QED) is 0.815. The molecule has 0 saturated heterocycles. The maximum absolute atomic E-state index is 6.28. The van der Waals surface area contributed by atoms with Crippen LogP contribution in [0.2, 0.25) is 0 Å². The molecule has 0 heterocycles. The molecule has 21 heavy (non-hydrogen) atoms. The van der Waals surface area contributed by atoms with Crippen molar-refractivity contribution in [1.29, 1.82) is 0 Å². The standard InChI is InChI=1S/C19H31NO/c1-4-16-9-11-17(12-10-16)15-18(20-3)19(21-5-2)13-7-6-8-14-19/h9-12,18,20H,4-8,13-15H2,1-3H3. The lowest BCUT2D eigenvalue weighted by atomic mass is 9.77. The second-order valence-corrected chi connectivity index (χ2v) is 6.27. The largest absolute Gasteiger partial charge is 0.374 e. The molecule has 0 amide bonds. The van der Waals surface area contributed by atoms with Crippen molar-refractivity contribution in [1.82, 2.24) is 5.32 Å². The Morgan fingerprint density at radius 2 is 1.67 bits per heavy atom. The van der Waals surface area contributed by atoms with E-state index in [1.165, 1.54) is 43.2 Å². The van der Waals surface area contributed by atoms with Crippen molar-refractivity contribution < 1.29 is 4.74 Å². The van der Waals surface area contributed by atoms with E-state index in [1.54, 1.807) is 0 Å². The molecule has 0 spiro atoms. The topological polar surface area (TPSA) is 21.3 Å². The lowest BCUT2D eigenvalue weighted by molar-refractivity contribution is -0.0883. The van der Waals surface area contributed by atoms with Crippen molar-refractivity contribution in [2.24, 2.45) is 0 Å². The number of hydrogen-bond acceptors (Lipinski definition) is 2. The summed E-state index contributed by atoms with van der Waals surface area (Å²) in [6, 6.07) is 9.49. The van der Waals surface area contributed by atoms with Gasteiger partial charge in [-0.25, -0.2) is 0 Å². The van der Waals surface area contributed by atoms with Crippen LogP contribution in [0.1, 0.15) is 57.1 Å². The zero-order chi connectivity index (χ0) is 15.1. The molecule has 2 rings (SSSR count). The van der Waals surface area contributed by atoms with E-state index in [9.17, 15) is 0 Å². The van der Waals surface area contributed by atoms with Crippen LogP contribution in [0.25, 0.3) is 0 Å². The summed E-state index contributed by atoms with van der Waals surface area (Å²) in [5.74, 6) is 0. The third kappa shape index (κ3) is 4.08. The van der Waals surface area contributed by atoms with Gasteiger partial charge in [-0.05, 0) is 50.8 Å². The fourth-order valence-corrected chi connectivity index (χ4v) is 3.73. The highest BCUT2D eigenvalue weighted by Gasteiger charge is 2.39. The van der Waals surface area contributed by atoms with Gasteiger partial charge >= 0.3 is 0 Å². The number of likely N-dealkylation sites (N-methyl/N-ethyl adjacent to an activating group) is 1. The summed E-state index contributed by atoms with van der Waals surface area (Å²) < 4.78 is 6.28. The van der Waals surface area contributed by atoms with E-state index in [-0.39, 0.29) is 5.60 Å². The lowest BCUT2D eigenvalue weighted by Crippen LogP contribution is -2.53. The SMILES string of the molecule is CCOC1(C(Cc2ccc(CC)cc2)NC)CCCCC1. The van der Waals surface area contributed by atoms with Crippen molar-refractivity contribution >= 4 is 0 Å². The highest BCUT2D eigenvalue weighted by Crippen LogP contribution is 2.35. The summed E-state index contributed by atoms with van der Waals surface area (Å²) in [6.45, 7) is 5.14. The van der Waals surface area contributed by atoms with Crippen molar-refractivity contribution in [2.45, 2.75) is 70.4 Å². The first-order chi connectivity index (χ1) is 10.2. The van der Waals surface area contributed by atoms with Crippen LogP contribution in [0.15, 0.2) is 24.3 Å². The van der Waals surface area contributed by atoms with Crippen LogP contribution in [0.3, 0.4) is 0 Å². The van der Waals surface area contributed by atoms with Gasteiger partial charge in [0.15, 0.2) is 0 Å². The Morgan fingerprint density at radius 1 is 1.05 bits per heavy atom. The van der Waals surface area contributed by atoms with Gasteiger partial charge in [-0.3, -0.25) is 0 Å². The van der Waals surface area contributed by atoms with Gasteiger partial charge in [-0.15, -0.1) is 0 Å². The Labute approximate surface area is 130 Å². The van der Waals surface area contributed by atoms with Crippen LogP contribution in [-0.2, 0) is 17.6 Å². The third-order valence-corrected chi connectivity index (χ3v) is 4.99. The number of nitrogens with one attached hydrogen (secondary N) is 1. The minimum Gasteiger partial charge on any atom is -0.374 e. The molecule has 1 aromatic rings. The highest BCUT2D eigenvalue weighted by molar-refractivity contribution is 5.24. The van der Waals surface area contributed by atoms with Crippen molar-refractivity contribution in [3.63, 3.8) is 0 Å². The molecular formula is C19H31NO. The summed E-state index contributed by atoms with van der Waals surface area (Å²) >= 11 is 0. The Morgan fingerprint density at radius 3 is 2.19 bits per heavy atom. The van der Waals surface area contributed by atoms with E-state index >= 15 is 0 Å². The smallest absolute Gasteiger partial charge is 0.0837 e. The zero-order valence-electron chi connectivity index (χ0n) is 14.0. The molecule has 0 bridgehead atoms. The molecule has 1 aromatic carbocycles. The normalized spacial score (nSPS) is 19.4. The van der Waals surface area contributed by atoms with E-state index < -0.39 is 0 Å². The number of hydrogen-bond donors (Lipinski definition) is 1. The van der Waals surface area contributed by atoms with Gasteiger partial charge in [-0.1, -0.05) is 50.5 Å². The van der Waals surface area contributed by atoms with E-state index in [1.807, 2.05) is 0 Å². The Kier molecular flexibility index (Phi) is 6.25. The number of ether oxygens (including phenoxy) is 1. The van der Waals surface area contributed by atoms with E-state index in [4.69, 9.17) is 4.74 Å². The zero-order valence-corrected chi connectivity index (χ0v) is 14.0. The number of aryl methyl sites for hydroxylation is 1. The molecule has 1 saturated carbocycles. The van der Waals surface area contributed by atoms with Gasteiger partial charge in [0.05, 0.1) is 5.60 Å². The Bertz CT molecular complexity index is 401. The maximum atomic E-state index is 6.28. The van der Waals surface area contributed by atoms with Crippen molar-refractivity contribution in [2.75, 3.05) is 13.7 Å². The molecule has 1 fully saturated rings. The molecule has 1 aliphatic rings. The second-order valence-electron chi connectivity index (χ2n) is 6.27. The summed E-state index contributed by atoms with van der Waals surface area (Å²) in [5, 5.41) is 3.55. The Balaban J connectivity index is 2.11. The first kappa shape index (κ1) is 16.5. The molecule has 2 nitrogen and oxygen atoms in total. The molecule has 1 N–H and O–H groups in total. The molecule has 2 heteroatoms. The summed E-state index contributed by atoms with van der Waals surface area (Å²) in [7, 11) is 2.08. The minimum atomic E-state index is 0.0329. The van der Waals surface area contributed by atoms with Gasteiger partial charge in [0.2, 0.25) is 0 Å². The minimum absolute atomic E-state index is 0.0329. The first-order valence-electron chi connectivity index (χ1n) is 8.63. The van der Waals surface area contributed by atoms with Crippen molar-refractivity contribution in [3.8, 4) is 0 Å². The summed E-state index contributed by atoms with van der Waals surface area (Å²) in [4.78, 5) is 0. The fourth-order valence-electron chi connectivity index (χ4n) is 3.73. The van der Waals surface area contributed by atoms with Gasteiger partial charge in [0.1, 0.15) is 0 Å². The molecule has 1 atom stereocenters. The van der Waals surface area contributed by atoms with Crippen LogP contribution in [0.4, 0.5) is 0 Å². The monoisotopic (exact) mass is 289 g/mol. The summed E-state index contributed by atoms with van der Waals surface area (Å²) in [5.41, 5.74) is 2.86. The predicted octanol–water partition coefficient (Wildman–Crippen LogP) is 4.12. The van der Waals surface area contributed by atoms with E-state index in [2.05, 4.69) is 50.5 Å². The third-order valence-electron chi connectivity index (χ3n) is 4.99. The molecule has 1 aliphatic carbocycles. The van der Waals surface area contributed by atoms with Crippen molar-refractivity contribution in [3.05, 3.63) is 35.4 Å². The maximum Gasteiger partial charge on any atom is 0.0837 e. The average Bonchev–Trinajstić information content (AvgIpc) is 2.54. The van der Waals surface area contributed by atoms with Gasteiger partial charge in [0.25, 0.3) is 0 Å².